The molecule has 1 amide bonds. The first kappa shape index (κ1) is 19.5. The van der Waals surface area contributed by atoms with Crippen LogP contribution in [0.5, 0.6) is 0 Å². The van der Waals surface area contributed by atoms with E-state index >= 15 is 0 Å². The number of unbranched alkanes of at least 4 members (excludes halogenated alkanes) is 1. The average Bonchev–Trinajstić information content (AvgIpc) is 2.71. The Morgan fingerprint density at radius 3 is 2.43 bits per heavy atom. The minimum absolute atomic E-state index is 0.160. The number of rotatable bonds is 7. The lowest BCUT2D eigenvalue weighted by molar-refractivity contribution is -0.119. The van der Waals surface area contributed by atoms with Crippen LogP contribution >= 0.6 is 0 Å². The molecule has 0 N–H and O–H groups in total. The smallest absolute Gasteiger partial charge is 0.267 e. The number of para-hydroxylation sites is 1. The number of benzene rings is 2. The van der Waals surface area contributed by atoms with Gasteiger partial charge in [-0.05, 0) is 48.9 Å². The van der Waals surface area contributed by atoms with Crippen LogP contribution in [0.3, 0.4) is 0 Å². The minimum Gasteiger partial charge on any atom is -0.311 e. The predicted octanol–water partition coefficient (Wildman–Crippen LogP) is 3.88. The fourth-order valence-corrected chi connectivity index (χ4v) is 2.87. The molecule has 0 bridgehead atoms. The van der Waals surface area contributed by atoms with E-state index in [1.54, 1.807) is 23.1 Å². The Bertz CT molecular complexity index is 985. The van der Waals surface area contributed by atoms with Crippen LogP contribution in [-0.2, 0) is 11.3 Å². The van der Waals surface area contributed by atoms with E-state index in [1.807, 2.05) is 30.3 Å². The van der Waals surface area contributed by atoms with Crippen molar-refractivity contribution in [3.05, 3.63) is 82.9 Å². The molecule has 3 rings (SSSR count). The number of amides is 1. The van der Waals surface area contributed by atoms with Gasteiger partial charge in [0.15, 0.2) is 0 Å². The van der Waals surface area contributed by atoms with Crippen molar-refractivity contribution >= 4 is 11.6 Å². The number of hydrogen-bond acceptors (Lipinski definition) is 3. The Kier molecular flexibility index (Phi) is 6.32. The van der Waals surface area contributed by atoms with E-state index in [-0.39, 0.29) is 23.8 Å². The minimum atomic E-state index is -0.359. The highest BCUT2D eigenvalue weighted by atomic mass is 19.1. The van der Waals surface area contributed by atoms with Gasteiger partial charge >= 0.3 is 0 Å². The van der Waals surface area contributed by atoms with Gasteiger partial charge in [-0.25, -0.2) is 9.07 Å². The summed E-state index contributed by atoms with van der Waals surface area (Å²) in [6.07, 6.45) is 1.81. The first-order chi connectivity index (χ1) is 13.6. The normalized spacial score (nSPS) is 10.6. The van der Waals surface area contributed by atoms with E-state index < -0.39 is 0 Å². The second-order valence-electron chi connectivity index (χ2n) is 6.46. The molecular weight excluding hydrogens is 357 g/mol. The molecule has 0 saturated heterocycles. The number of nitrogens with zero attached hydrogens (tertiary/aromatic N) is 3. The molecule has 6 heteroatoms. The summed E-state index contributed by atoms with van der Waals surface area (Å²) in [4.78, 5) is 26.9. The number of hydrogen-bond donors (Lipinski definition) is 0. The van der Waals surface area contributed by atoms with E-state index in [9.17, 15) is 14.0 Å². The molecule has 3 aromatic rings. The fraction of sp³-hybridized carbons (Fsp3) is 0.227. The lowest BCUT2D eigenvalue weighted by Crippen LogP contribution is -2.38. The van der Waals surface area contributed by atoms with Crippen LogP contribution in [0.4, 0.5) is 10.1 Å². The highest BCUT2D eigenvalue weighted by Crippen LogP contribution is 2.17. The van der Waals surface area contributed by atoms with Gasteiger partial charge in [-0.1, -0.05) is 31.5 Å². The maximum Gasteiger partial charge on any atom is 0.267 e. The second kappa shape index (κ2) is 9.08. The molecule has 5 nitrogen and oxygen atoms in total. The van der Waals surface area contributed by atoms with Crippen molar-refractivity contribution in [3.8, 4) is 11.3 Å². The van der Waals surface area contributed by atoms with Gasteiger partial charge in [0, 0.05) is 23.9 Å². The zero-order valence-corrected chi connectivity index (χ0v) is 15.7. The molecule has 0 unspecified atom stereocenters. The number of carbonyl (C=O) groups is 1. The van der Waals surface area contributed by atoms with Crippen LogP contribution in [0.15, 0.2) is 71.5 Å². The van der Waals surface area contributed by atoms with E-state index in [1.165, 1.54) is 18.2 Å². The maximum atomic E-state index is 13.1. The first-order valence-electron chi connectivity index (χ1n) is 9.28. The Hall–Kier alpha value is -3.28. The van der Waals surface area contributed by atoms with Crippen LogP contribution in [-0.4, -0.2) is 22.2 Å². The first-order valence-corrected chi connectivity index (χ1v) is 9.28. The van der Waals surface area contributed by atoms with Crippen molar-refractivity contribution in [2.24, 2.45) is 0 Å². The summed E-state index contributed by atoms with van der Waals surface area (Å²) in [5, 5.41) is 4.30. The van der Waals surface area contributed by atoms with Gasteiger partial charge in [0.1, 0.15) is 12.4 Å². The lowest BCUT2D eigenvalue weighted by atomic mass is 10.1. The van der Waals surface area contributed by atoms with Crippen LogP contribution in [0.25, 0.3) is 11.3 Å². The molecule has 0 saturated carbocycles. The maximum absolute atomic E-state index is 13.1. The summed E-state index contributed by atoms with van der Waals surface area (Å²) in [6, 6.07) is 18.2. The van der Waals surface area contributed by atoms with E-state index in [4.69, 9.17) is 0 Å². The number of anilines is 1. The molecule has 1 heterocycles. The lowest BCUT2D eigenvalue weighted by Gasteiger charge is -2.23. The zero-order valence-electron chi connectivity index (χ0n) is 15.7. The van der Waals surface area contributed by atoms with Crippen LogP contribution in [0.2, 0.25) is 0 Å². The molecule has 0 atom stereocenters. The van der Waals surface area contributed by atoms with Gasteiger partial charge in [-0.2, -0.15) is 5.10 Å². The summed E-state index contributed by atoms with van der Waals surface area (Å²) < 4.78 is 14.3. The third-order valence-corrected chi connectivity index (χ3v) is 4.40. The van der Waals surface area contributed by atoms with Gasteiger partial charge in [0.05, 0.1) is 5.69 Å². The molecule has 1 aromatic heterocycles. The molecular formula is C22H22FN3O2. The number of halogens is 1. The highest BCUT2D eigenvalue weighted by Gasteiger charge is 2.17. The summed E-state index contributed by atoms with van der Waals surface area (Å²) in [5.41, 5.74) is 1.62. The standard InChI is InChI=1S/C22H22FN3O2/c1-2-3-15-25(19-7-5-4-6-8-19)22(28)16-26-21(27)14-13-20(24-26)17-9-11-18(23)12-10-17/h4-14H,2-3,15-16H2,1H3. The SMILES string of the molecule is CCCCN(C(=O)Cn1nc(-c2ccc(F)cc2)ccc1=O)c1ccccc1. The van der Waals surface area contributed by atoms with E-state index in [2.05, 4.69) is 12.0 Å². The molecule has 0 fully saturated rings. The van der Waals surface area contributed by atoms with Crippen molar-refractivity contribution in [3.63, 3.8) is 0 Å². The predicted molar refractivity (Wildman–Crippen MR) is 108 cm³/mol. The van der Waals surface area contributed by atoms with Crippen molar-refractivity contribution in [2.75, 3.05) is 11.4 Å². The second-order valence-corrected chi connectivity index (χ2v) is 6.46. The molecule has 0 aliphatic heterocycles. The Morgan fingerprint density at radius 1 is 1.04 bits per heavy atom. The van der Waals surface area contributed by atoms with Crippen LogP contribution in [0, 0.1) is 5.82 Å². The van der Waals surface area contributed by atoms with Gasteiger partial charge in [0.25, 0.3) is 5.56 Å². The topological polar surface area (TPSA) is 55.2 Å². The molecule has 144 valence electrons. The van der Waals surface area contributed by atoms with Gasteiger partial charge < -0.3 is 4.90 Å². The van der Waals surface area contributed by atoms with Crippen molar-refractivity contribution in [1.82, 2.24) is 9.78 Å². The highest BCUT2D eigenvalue weighted by molar-refractivity contribution is 5.93. The third kappa shape index (κ3) is 4.71. The van der Waals surface area contributed by atoms with E-state index in [0.717, 1.165) is 23.2 Å². The van der Waals surface area contributed by atoms with Crippen molar-refractivity contribution in [1.29, 1.82) is 0 Å². The Balaban J connectivity index is 1.86. The average molecular weight is 379 g/mol. The molecule has 28 heavy (non-hydrogen) atoms. The largest absolute Gasteiger partial charge is 0.311 e. The van der Waals surface area contributed by atoms with Crippen LogP contribution in [0.1, 0.15) is 19.8 Å². The van der Waals surface area contributed by atoms with Crippen molar-refractivity contribution in [2.45, 2.75) is 26.3 Å². The number of aromatic nitrogens is 2. The number of carbonyl (C=O) groups excluding carboxylic acids is 1. The zero-order chi connectivity index (χ0) is 19.9. The van der Waals surface area contributed by atoms with Crippen molar-refractivity contribution < 1.29 is 9.18 Å². The summed E-state index contributed by atoms with van der Waals surface area (Å²) in [5.74, 6) is -0.549. The molecule has 2 aromatic carbocycles. The Labute approximate surface area is 163 Å². The third-order valence-electron chi connectivity index (χ3n) is 4.40. The van der Waals surface area contributed by atoms with Gasteiger partial charge in [-0.3, -0.25) is 9.59 Å². The molecule has 0 aliphatic rings. The Morgan fingerprint density at radius 2 is 1.75 bits per heavy atom. The van der Waals surface area contributed by atoms with Gasteiger partial charge in [-0.15, -0.1) is 0 Å². The summed E-state index contributed by atoms with van der Waals surface area (Å²) >= 11 is 0. The monoisotopic (exact) mass is 379 g/mol. The molecule has 0 spiro atoms. The molecule has 0 radical (unpaired) electrons. The fourth-order valence-electron chi connectivity index (χ4n) is 2.87. The molecule has 0 aliphatic carbocycles. The van der Waals surface area contributed by atoms with E-state index in [0.29, 0.717) is 17.8 Å². The quantitative estimate of drug-likeness (QED) is 0.626. The van der Waals surface area contributed by atoms with Gasteiger partial charge in [0.2, 0.25) is 5.91 Å². The summed E-state index contributed by atoms with van der Waals surface area (Å²) in [7, 11) is 0. The summed E-state index contributed by atoms with van der Waals surface area (Å²) in [6.45, 7) is 2.48. The van der Waals surface area contributed by atoms with Crippen LogP contribution < -0.4 is 10.5 Å².